The van der Waals surface area contributed by atoms with E-state index in [9.17, 15) is 13.6 Å². The summed E-state index contributed by atoms with van der Waals surface area (Å²) >= 11 is 0. The minimum atomic E-state index is -3.02. The molecule has 1 rings (SSSR count). The molecular weight excluding hydrogens is 256 g/mol. The van der Waals surface area contributed by atoms with Crippen LogP contribution in [0.1, 0.15) is 23.6 Å². The molecule has 0 bridgehead atoms. The number of ether oxygens (including phenoxy) is 2. The molecule has 19 heavy (non-hydrogen) atoms. The Morgan fingerprint density at radius 2 is 2.16 bits per heavy atom. The maximum Gasteiger partial charge on any atom is 0.387 e. The fourth-order valence-corrected chi connectivity index (χ4v) is 1.62. The van der Waals surface area contributed by atoms with Crippen LogP contribution >= 0.6 is 0 Å². The van der Waals surface area contributed by atoms with E-state index in [0.717, 1.165) is 0 Å². The van der Waals surface area contributed by atoms with E-state index in [2.05, 4.69) is 9.47 Å². The summed E-state index contributed by atoms with van der Waals surface area (Å²) in [5.74, 6) is -0.761. The molecule has 6 heteroatoms. The van der Waals surface area contributed by atoms with Crippen LogP contribution in [0.2, 0.25) is 0 Å². The number of nitrogens with zero attached hydrogens (tertiary/aromatic N) is 1. The molecule has 0 N–H and O–H groups in total. The highest BCUT2D eigenvalue weighted by atomic mass is 19.3. The highest BCUT2D eigenvalue weighted by Gasteiger charge is 2.17. The van der Waals surface area contributed by atoms with E-state index in [0.29, 0.717) is 17.5 Å². The van der Waals surface area contributed by atoms with E-state index < -0.39 is 12.6 Å². The van der Waals surface area contributed by atoms with Crippen LogP contribution in [-0.2, 0) is 22.4 Å². The van der Waals surface area contributed by atoms with Crippen molar-refractivity contribution in [2.45, 2.75) is 26.4 Å². The number of rotatable bonds is 5. The van der Waals surface area contributed by atoms with Gasteiger partial charge < -0.3 is 9.47 Å². The molecule has 0 radical (unpaired) electrons. The molecule has 1 aromatic carbocycles. The van der Waals surface area contributed by atoms with Gasteiger partial charge in [0.25, 0.3) is 0 Å². The van der Waals surface area contributed by atoms with Crippen LogP contribution in [0.25, 0.3) is 0 Å². The Morgan fingerprint density at radius 1 is 1.47 bits per heavy atom. The average molecular weight is 269 g/mol. The van der Waals surface area contributed by atoms with Crippen LogP contribution in [0.3, 0.4) is 0 Å². The van der Waals surface area contributed by atoms with Gasteiger partial charge in [-0.1, -0.05) is 13.0 Å². The predicted octanol–water partition coefficient (Wildman–Crippen LogP) is 2.44. The van der Waals surface area contributed by atoms with E-state index in [1.807, 2.05) is 6.92 Å². The fourth-order valence-electron chi connectivity index (χ4n) is 1.62. The van der Waals surface area contributed by atoms with Gasteiger partial charge in [-0.25, -0.2) is 0 Å². The lowest BCUT2D eigenvalue weighted by molar-refractivity contribution is -0.139. The molecule has 1 aromatic rings. The number of halogens is 2. The van der Waals surface area contributed by atoms with Crippen molar-refractivity contribution in [1.29, 1.82) is 5.26 Å². The number of hydrogen-bond donors (Lipinski definition) is 0. The number of aryl methyl sites for hydroxylation is 1. The minimum Gasteiger partial charge on any atom is -0.469 e. The largest absolute Gasteiger partial charge is 0.469 e. The maximum absolute atomic E-state index is 12.3. The first-order valence-corrected chi connectivity index (χ1v) is 5.59. The standard InChI is InChI=1S/C13H13F2NO3/c1-3-8-4-9(6-12(17)18-2)10(7-16)11(5-8)19-13(14)15/h4-5,13H,3,6H2,1-2H3. The van der Waals surface area contributed by atoms with Crippen LogP contribution in [0.15, 0.2) is 12.1 Å². The zero-order valence-electron chi connectivity index (χ0n) is 10.6. The molecule has 0 aliphatic rings. The first-order chi connectivity index (χ1) is 9.01. The van der Waals surface area contributed by atoms with Crippen molar-refractivity contribution in [2.24, 2.45) is 0 Å². The van der Waals surface area contributed by atoms with Gasteiger partial charge in [0.2, 0.25) is 0 Å². The lowest BCUT2D eigenvalue weighted by atomic mass is 9.99. The second kappa shape index (κ2) is 6.69. The van der Waals surface area contributed by atoms with Crippen LogP contribution in [0, 0.1) is 11.3 Å². The van der Waals surface area contributed by atoms with Gasteiger partial charge in [0, 0.05) is 0 Å². The summed E-state index contributed by atoms with van der Waals surface area (Å²) in [6, 6.07) is 4.78. The Kier molecular flexibility index (Phi) is 5.24. The molecule has 0 aliphatic carbocycles. The van der Waals surface area contributed by atoms with E-state index in [1.165, 1.54) is 13.2 Å². The Bertz CT molecular complexity index is 509. The monoisotopic (exact) mass is 269 g/mol. The number of alkyl halides is 2. The predicted molar refractivity (Wildman–Crippen MR) is 62.9 cm³/mol. The van der Waals surface area contributed by atoms with E-state index in [4.69, 9.17) is 5.26 Å². The zero-order chi connectivity index (χ0) is 14.4. The fraction of sp³-hybridized carbons (Fsp3) is 0.385. The number of benzene rings is 1. The van der Waals surface area contributed by atoms with Crippen LogP contribution in [0.5, 0.6) is 5.75 Å². The summed E-state index contributed by atoms with van der Waals surface area (Å²) in [5.41, 5.74) is 0.959. The lowest BCUT2D eigenvalue weighted by Crippen LogP contribution is -2.10. The summed E-state index contributed by atoms with van der Waals surface area (Å²) in [5, 5.41) is 9.03. The number of methoxy groups -OCH3 is 1. The second-order valence-corrected chi connectivity index (χ2v) is 3.72. The molecule has 0 amide bonds. The summed E-state index contributed by atoms with van der Waals surface area (Å²) in [6.07, 6.45) is 0.409. The van der Waals surface area contributed by atoms with Crippen molar-refractivity contribution >= 4 is 5.97 Å². The highest BCUT2D eigenvalue weighted by Crippen LogP contribution is 2.27. The highest BCUT2D eigenvalue weighted by molar-refractivity contribution is 5.74. The average Bonchev–Trinajstić information content (AvgIpc) is 2.37. The smallest absolute Gasteiger partial charge is 0.387 e. The molecule has 0 heterocycles. The van der Waals surface area contributed by atoms with Crippen LogP contribution < -0.4 is 4.74 Å². The third-order valence-electron chi connectivity index (χ3n) is 2.54. The summed E-state index contributed by atoms with van der Waals surface area (Å²) in [7, 11) is 1.22. The topological polar surface area (TPSA) is 59.3 Å². The first-order valence-electron chi connectivity index (χ1n) is 5.59. The third-order valence-corrected chi connectivity index (χ3v) is 2.54. The number of carbonyl (C=O) groups excluding carboxylic acids is 1. The molecule has 102 valence electrons. The van der Waals surface area contributed by atoms with Gasteiger partial charge in [-0.15, -0.1) is 0 Å². The van der Waals surface area contributed by atoms with Gasteiger partial charge >= 0.3 is 12.6 Å². The molecule has 4 nitrogen and oxygen atoms in total. The summed E-state index contributed by atoms with van der Waals surface area (Å²) < 4.78 is 33.5. The van der Waals surface area contributed by atoms with Gasteiger partial charge in [-0.3, -0.25) is 4.79 Å². The van der Waals surface area contributed by atoms with E-state index >= 15 is 0 Å². The van der Waals surface area contributed by atoms with Crippen molar-refractivity contribution in [2.75, 3.05) is 7.11 Å². The van der Waals surface area contributed by atoms with Crippen molar-refractivity contribution in [3.63, 3.8) is 0 Å². The lowest BCUT2D eigenvalue weighted by Gasteiger charge is -2.12. The SMILES string of the molecule is CCc1cc(CC(=O)OC)c(C#N)c(OC(F)F)c1. The quantitative estimate of drug-likeness (QED) is 0.770. The molecule has 0 saturated carbocycles. The van der Waals surface area contributed by atoms with Crippen molar-refractivity contribution in [3.05, 3.63) is 28.8 Å². The van der Waals surface area contributed by atoms with Crippen LogP contribution in [0.4, 0.5) is 8.78 Å². The van der Waals surface area contributed by atoms with E-state index in [1.54, 1.807) is 12.1 Å². The molecule has 0 saturated heterocycles. The summed E-state index contributed by atoms with van der Waals surface area (Å²) in [6.45, 7) is -1.19. The van der Waals surface area contributed by atoms with Gasteiger partial charge in [-0.2, -0.15) is 14.0 Å². The Labute approximate surface area is 109 Å². The van der Waals surface area contributed by atoms with Gasteiger partial charge in [0.05, 0.1) is 19.1 Å². The minimum absolute atomic E-state index is 0.0668. The Hall–Kier alpha value is -2.16. The van der Waals surface area contributed by atoms with Gasteiger partial charge in [0.1, 0.15) is 11.8 Å². The molecule has 0 spiro atoms. The second-order valence-electron chi connectivity index (χ2n) is 3.72. The van der Waals surface area contributed by atoms with Gasteiger partial charge in [0.15, 0.2) is 0 Å². The number of nitriles is 1. The van der Waals surface area contributed by atoms with Crippen molar-refractivity contribution in [3.8, 4) is 11.8 Å². The third kappa shape index (κ3) is 3.91. The molecule has 0 unspecified atom stereocenters. The molecule has 0 fully saturated rings. The number of carbonyl (C=O) groups is 1. The van der Waals surface area contributed by atoms with E-state index in [-0.39, 0.29) is 17.7 Å². The van der Waals surface area contributed by atoms with Crippen molar-refractivity contribution < 1.29 is 23.0 Å². The van der Waals surface area contributed by atoms with Crippen LogP contribution in [-0.4, -0.2) is 19.7 Å². The number of hydrogen-bond acceptors (Lipinski definition) is 4. The number of esters is 1. The molecule has 0 aromatic heterocycles. The molecular formula is C13H13F2NO3. The Balaban J connectivity index is 3.27. The molecule has 0 aliphatic heterocycles. The first kappa shape index (κ1) is 14.9. The van der Waals surface area contributed by atoms with Crippen molar-refractivity contribution in [1.82, 2.24) is 0 Å². The molecule has 0 atom stereocenters. The zero-order valence-corrected chi connectivity index (χ0v) is 10.6. The van der Waals surface area contributed by atoms with Gasteiger partial charge in [-0.05, 0) is 23.6 Å². The Morgan fingerprint density at radius 3 is 2.63 bits per heavy atom. The maximum atomic E-state index is 12.3. The summed E-state index contributed by atoms with van der Waals surface area (Å²) in [4.78, 5) is 11.3. The normalized spacial score (nSPS) is 10.1.